The first kappa shape index (κ1) is 20.2. The fourth-order valence-electron chi connectivity index (χ4n) is 3.28. The quantitative estimate of drug-likeness (QED) is 0.404. The monoisotopic (exact) mass is 356 g/mol. The lowest BCUT2D eigenvalue weighted by atomic mass is 10.0. The number of unbranched alkanes of at least 4 members (excludes halogenated alkanes) is 5. The molecule has 1 atom stereocenters. The molecular formula is C22H32N2O2. The van der Waals surface area contributed by atoms with Gasteiger partial charge in [0.25, 0.3) is 0 Å². The Morgan fingerprint density at radius 1 is 1.08 bits per heavy atom. The number of nitrogens with zero attached hydrogens (tertiary/aromatic N) is 2. The Labute approximate surface area is 157 Å². The zero-order valence-electron chi connectivity index (χ0n) is 16.2. The first-order valence-electron chi connectivity index (χ1n) is 9.81. The third-order valence-corrected chi connectivity index (χ3v) is 4.87. The van der Waals surface area contributed by atoms with E-state index in [0.717, 1.165) is 18.7 Å². The second kappa shape index (κ2) is 11.5. The van der Waals surface area contributed by atoms with Gasteiger partial charge >= 0.3 is 5.97 Å². The summed E-state index contributed by atoms with van der Waals surface area (Å²) in [6.07, 6.45) is 13.2. The topological polar surface area (TPSA) is 44.1 Å². The van der Waals surface area contributed by atoms with Crippen LogP contribution in [0.3, 0.4) is 0 Å². The molecule has 4 nitrogen and oxygen atoms in total. The van der Waals surface area contributed by atoms with Gasteiger partial charge in [0.2, 0.25) is 0 Å². The van der Waals surface area contributed by atoms with E-state index in [2.05, 4.69) is 39.9 Å². The predicted octanol–water partition coefficient (Wildman–Crippen LogP) is 4.82. The van der Waals surface area contributed by atoms with Gasteiger partial charge in [-0.05, 0) is 24.8 Å². The summed E-state index contributed by atoms with van der Waals surface area (Å²) in [5.74, 6) is -0.284. The Hall–Kier alpha value is -2.10. The van der Waals surface area contributed by atoms with Gasteiger partial charge < -0.3 is 9.30 Å². The number of hydrogen-bond donors (Lipinski definition) is 0. The molecule has 0 aliphatic rings. The third kappa shape index (κ3) is 7.03. The van der Waals surface area contributed by atoms with Gasteiger partial charge in [-0.1, -0.05) is 62.9 Å². The molecule has 0 radical (unpaired) electrons. The van der Waals surface area contributed by atoms with Gasteiger partial charge in [0.15, 0.2) is 0 Å². The number of benzene rings is 1. The molecule has 2 rings (SSSR count). The number of carbonyl (C=O) groups excluding carboxylic acids is 1. The van der Waals surface area contributed by atoms with E-state index in [9.17, 15) is 4.79 Å². The number of rotatable bonds is 12. The fraction of sp³-hybridized carbons (Fsp3) is 0.545. The van der Waals surface area contributed by atoms with Crippen molar-refractivity contribution >= 4 is 5.97 Å². The van der Waals surface area contributed by atoms with Crippen molar-refractivity contribution < 1.29 is 9.53 Å². The summed E-state index contributed by atoms with van der Waals surface area (Å²) >= 11 is 0. The Morgan fingerprint density at radius 2 is 1.77 bits per heavy atom. The first-order valence-corrected chi connectivity index (χ1v) is 9.81. The molecule has 0 N–H and O–H groups in total. The van der Waals surface area contributed by atoms with Gasteiger partial charge in [0, 0.05) is 24.9 Å². The van der Waals surface area contributed by atoms with Crippen molar-refractivity contribution in [3.05, 3.63) is 54.1 Å². The largest absolute Gasteiger partial charge is 0.469 e. The summed E-state index contributed by atoms with van der Waals surface area (Å²) in [5.41, 5.74) is 2.56. The van der Waals surface area contributed by atoms with Crippen LogP contribution in [-0.2, 0) is 28.9 Å². The molecule has 0 saturated heterocycles. The minimum absolute atomic E-state index is 0.125. The van der Waals surface area contributed by atoms with Crippen LogP contribution < -0.4 is 0 Å². The molecule has 0 saturated carbocycles. The van der Waals surface area contributed by atoms with E-state index in [1.807, 2.05) is 19.4 Å². The molecule has 0 spiro atoms. The van der Waals surface area contributed by atoms with Crippen LogP contribution in [0.25, 0.3) is 0 Å². The summed E-state index contributed by atoms with van der Waals surface area (Å²) in [7, 11) is 1.44. The highest BCUT2D eigenvalue weighted by Gasteiger charge is 2.15. The number of carbonyl (C=O) groups is 1. The molecule has 0 aliphatic carbocycles. The van der Waals surface area contributed by atoms with Crippen LogP contribution in [0, 0.1) is 5.92 Å². The smallest absolute Gasteiger partial charge is 0.308 e. The van der Waals surface area contributed by atoms with Gasteiger partial charge in [-0.2, -0.15) is 0 Å². The minimum atomic E-state index is -0.159. The molecule has 0 unspecified atom stereocenters. The number of ether oxygens (including phenoxy) is 1. The fourth-order valence-corrected chi connectivity index (χ4v) is 3.28. The Morgan fingerprint density at radius 3 is 2.50 bits per heavy atom. The number of esters is 1. The molecule has 1 aromatic carbocycles. The predicted molar refractivity (Wildman–Crippen MR) is 105 cm³/mol. The Balaban J connectivity index is 1.56. The van der Waals surface area contributed by atoms with Gasteiger partial charge in [-0.25, -0.2) is 4.98 Å². The summed E-state index contributed by atoms with van der Waals surface area (Å²) in [6, 6.07) is 10.7. The van der Waals surface area contributed by atoms with Gasteiger partial charge in [0.05, 0.1) is 19.4 Å². The zero-order valence-corrected chi connectivity index (χ0v) is 16.2. The SMILES string of the molecule is COC(=O)[C@@H](C)Cc1cncn1CCCCCCCCc1ccccc1. The minimum Gasteiger partial charge on any atom is -0.469 e. The van der Waals surface area contributed by atoms with E-state index in [0.29, 0.717) is 6.42 Å². The summed E-state index contributed by atoms with van der Waals surface area (Å²) in [6.45, 7) is 2.88. The molecule has 26 heavy (non-hydrogen) atoms. The Kier molecular flexibility index (Phi) is 8.94. The second-order valence-electron chi connectivity index (χ2n) is 7.06. The van der Waals surface area contributed by atoms with Crippen LogP contribution in [0.1, 0.15) is 56.7 Å². The molecule has 0 amide bonds. The highest BCUT2D eigenvalue weighted by molar-refractivity contribution is 5.72. The van der Waals surface area contributed by atoms with E-state index >= 15 is 0 Å². The molecule has 142 valence electrons. The van der Waals surface area contributed by atoms with Crippen molar-refractivity contribution in [2.45, 2.75) is 64.8 Å². The number of aryl methyl sites for hydroxylation is 2. The second-order valence-corrected chi connectivity index (χ2v) is 7.06. The van der Waals surface area contributed by atoms with Gasteiger partial charge in [0.1, 0.15) is 0 Å². The van der Waals surface area contributed by atoms with Crippen molar-refractivity contribution in [3.63, 3.8) is 0 Å². The zero-order chi connectivity index (χ0) is 18.6. The van der Waals surface area contributed by atoms with Crippen molar-refractivity contribution in [3.8, 4) is 0 Å². The van der Waals surface area contributed by atoms with Crippen LogP contribution in [0.4, 0.5) is 0 Å². The maximum Gasteiger partial charge on any atom is 0.308 e. The van der Waals surface area contributed by atoms with E-state index < -0.39 is 0 Å². The van der Waals surface area contributed by atoms with Gasteiger partial charge in [-0.15, -0.1) is 0 Å². The number of aromatic nitrogens is 2. The average molecular weight is 357 g/mol. The van der Waals surface area contributed by atoms with Crippen molar-refractivity contribution in [1.82, 2.24) is 9.55 Å². The van der Waals surface area contributed by atoms with E-state index in [1.165, 1.54) is 51.2 Å². The maximum absolute atomic E-state index is 11.6. The molecule has 4 heteroatoms. The molecule has 1 heterocycles. The third-order valence-electron chi connectivity index (χ3n) is 4.87. The lowest BCUT2D eigenvalue weighted by Crippen LogP contribution is -2.17. The molecule has 0 aliphatic heterocycles. The lowest BCUT2D eigenvalue weighted by Gasteiger charge is -2.11. The molecular weight excluding hydrogens is 324 g/mol. The number of methoxy groups -OCH3 is 1. The molecule has 2 aromatic rings. The van der Waals surface area contributed by atoms with E-state index in [-0.39, 0.29) is 11.9 Å². The van der Waals surface area contributed by atoms with Crippen molar-refractivity contribution in [2.75, 3.05) is 7.11 Å². The van der Waals surface area contributed by atoms with Crippen LogP contribution >= 0.6 is 0 Å². The van der Waals surface area contributed by atoms with E-state index in [1.54, 1.807) is 0 Å². The average Bonchev–Trinajstić information content (AvgIpc) is 3.10. The van der Waals surface area contributed by atoms with Crippen molar-refractivity contribution in [1.29, 1.82) is 0 Å². The van der Waals surface area contributed by atoms with Crippen LogP contribution in [-0.4, -0.2) is 22.6 Å². The first-order chi connectivity index (χ1) is 12.7. The van der Waals surface area contributed by atoms with Crippen LogP contribution in [0.5, 0.6) is 0 Å². The highest BCUT2D eigenvalue weighted by atomic mass is 16.5. The molecule has 0 bridgehead atoms. The van der Waals surface area contributed by atoms with Crippen LogP contribution in [0.15, 0.2) is 42.9 Å². The maximum atomic E-state index is 11.6. The molecule has 1 aromatic heterocycles. The number of imidazole rings is 1. The van der Waals surface area contributed by atoms with Crippen molar-refractivity contribution in [2.24, 2.45) is 5.92 Å². The summed E-state index contributed by atoms with van der Waals surface area (Å²) in [5, 5.41) is 0. The molecule has 0 fully saturated rings. The number of hydrogen-bond acceptors (Lipinski definition) is 3. The van der Waals surface area contributed by atoms with Crippen LogP contribution in [0.2, 0.25) is 0 Å². The summed E-state index contributed by atoms with van der Waals surface area (Å²) < 4.78 is 6.98. The standard InChI is InChI=1S/C22H32N2O2/c1-19(22(25)26-2)16-21-17-23-18-24(21)15-11-6-4-3-5-8-12-20-13-9-7-10-14-20/h7,9-10,13-14,17-19H,3-6,8,11-12,15-16H2,1-2H3/t19-/m0/s1. The Bertz CT molecular complexity index is 637. The summed E-state index contributed by atoms with van der Waals surface area (Å²) in [4.78, 5) is 15.8. The van der Waals surface area contributed by atoms with Gasteiger partial charge in [-0.3, -0.25) is 4.79 Å². The lowest BCUT2D eigenvalue weighted by molar-refractivity contribution is -0.144. The normalized spacial score (nSPS) is 12.1. The van der Waals surface area contributed by atoms with E-state index in [4.69, 9.17) is 4.74 Å². The highest BCUT2D eigenvalue weighted by Crippen LogP contribution is 2.13.